The number of alkyl halides is 3. The van der Waals surface area contributed by atoms with Crippen LogP contribution in [0.25, 0.3) is 0 Å². The van der Waals surface area contributed by atoms with Crippen molar-refractivity contribution >= 4 is 40.8 Å². The predicted molar refractivity (Wildman–Crippen MR) is 131 cm³/mol. The van der Waals surface area contributed by atoms with Crippen molar-refractivity contribution in [3.05, 3.63) is 56.4 Å². The van der Waals surface area contributed by atoms with Crippen LogP contribution < -0.4 is 11.2 Å². The predicted octanol–water partition coefficient (Wildman–Crippen LogP) is 3.70. The summed E-state index contributed by atoms with van der Waals surface area (Å²) in [5, 5.41) is 0.216. The van der Waals surface area contributed by atoms with E-state index in [-0.39, 0.29) is 24.7 Å². The minimum Gasteiger partial charge on any atom is -0.480 e. The highest BCUT2D eigenvalue weighted by Gasteiger charge is 2.40. The van der Waals surface area contributed by atoms with Crippen LogP contribution in [0.5, 0.6) is 0 Å². The first-order valence-corrected chi connectivity index (χ1v) is 13.0. The molecule has 0 saturated carbocycles. The monoisotopic (exact) mass is 546 g/mol. The van der Waals surface area contributed by atoms with Crippen molar-refractivity contribution in [2.75, 3.05) is 25.7 Å². The number of thiocarbonyl (C=S) groups is 1. The summed E-state index contributed by atoms with van der Waals surface area (Å²) in [6, 6.07) is 5.66. The summed E-state index contributed by atoms with van der Waals surface area (Å²) < 4.78 is 57.5. The lowest BCUT2D eigenvalue weighted by atomic mass is 10.2. The lowest BCUT2D eigenvalue weighted by Gasteiger charge is -2.20. The van der Waals surface area contributed by atoms with E-state index in [1.165, 1.54) is 11.8 Å². The third-order valence-electron chi connectivity index (χ3n) is 5.15. The summed E-state index contributed by atoms with van der Waals surface area (Å²) in [6.07, 6.45) is 2.01. The number of rotatable bonds is 8. The molecule has 13 heteroatoms. The van der Waals surface area contributed by atoms with Crippen LogP contribution in [0, 0.1) is 12.3 Å². The minimum atomic E-state index is -4.95. The van der Waals surface area contributed by atoms with Gasteiger partial charge in [0, 0.05) is 28.0 Å². The van der Waals surface area contributed by atoms with Gasteiger partial charge >= 0.3 is 11.9 Å². The van der Waals surface area contributed by atoms with Crippen molar-refractivity contribution in [2.24, 2.45) is 0 Å². The Morgan fingerprint density at radius 1 is 1.34 bits per heavy atom. The maximum Gasteiger partial charge on any atom is 0.423 e. The van der Waals surface area contributed by atoms with Crippen molar-refractivity contribution in [3.63, 3.8) is 0 Å². The molecule has 1 fully saturated rings. The van der Waals surface area contributed by atoms with Crippen molar-refractivity contribution in [3.8, 4) is 12.3 Å². The van der Waals surface area contributed by atoms with E-state index < -0.39 is 41.4 Å². The first-order valence-electron chi connectivity index (χ1n) is 10.1. The third kappa shape index (κ3) is 6.31. The number of hydrogen-bond acceptors (Lipinski definition) is 8. The van der Waals surface area contributed by atoms with Gasteiger partial charge in [0.15, 0.2) is 5.05 Å². The maximum atomic E-state index is 13.2. The Morgan fingerprint density at radius 2 is 2.09 bits per heavy atom. The summed E-state index contributed by atoms with van der Waals surface area (Å²) in [4.78, 5) is 27.5. The molecule has 3 atom stereocenters. The molecule has 3 rings (SSSR count). The molecule has 188 valence electrons. The highest BCUT2D eigenvalue weighted by molar-refractivity contribution is 8.01. The molecule has 1 aromatic carbocycles. The summed E-state index contributed by atoms with van der Waals surface area (Å²) in [5.41, 5.74) is -3.36. The Bertz CT molecular complexity index is 1240. The molecule has 2 heterocycles. The van der Waals surface area contributed by atoms with E-state index in [2.05, 4.69) is 5.92 Å². The molecule has 2 aromatic rings. The second-order valence-electron chi connectivity index (χ2n) is 7.27. The molecule has 1 aliphatic rings. The smallest absolute Gasteiger partial charge is 0.423 e. The Kier molecular flexibility index (Phi) is 9.11. The number of nitrogens with one attached hydrogen (secondary N) is 1. The van der Waals surface area contributed by atoms with Crippen LogP contribution in [0.3, 0.4) is 0 Å². The fourth-order valence-corrected chi connectivity index (χ4v) is 5.50. The SMILES string of the molecule is C#CCO[C@H]1C[C@H](n2cc(C(F)(F)F)c(=O)[nH]c2=O)O[C@@H]1COC(=S)c1cccc(SC)c1SC. The van der Waals surface area contributed by atoms with Gasteiger partial charge in [0.1, 0.15) is 31.1 Å². The molecule has 0 bridgehead atoms. The molecule has 0 radical (unpaired) electrons. The summed E-state index contributed by atoms with van der Waals surface area (Å²) in [6.45, 7) is -0.172. The zero-order chi connectivity index (χ0) is 25.8. The Labute approximate surface area is 212 Å². The third-order valence-corrected chi connectivity index (χ3v) is 7.24. The number of benzene rings is 1. The lowest BCUT2D eigenvalue weighted by Crippen LogP contribution is -2.36. The number of terminal acetylenes is 1. The molecule has 1 aliphatic heterocycles. The van der Waals surface area contributed by atoms with Crippen LogP contribution >= 0.6 is 35.7 Å². The highest BCUT2D eigenvalue weighted by Crippen LogP contribution is 2.34. The van der Waals surface area contributed by atoms with Gasteiger partial charge in [-0.25, -0.2) is 4.79 Å². The van der Waals surface area contributed by atoms with Gasteiger partial charge in [-0.05, 0) is 36.9 Å². The van der Waals surface area contributed by atoms with Gasteiger partial charge < -0.3 is 14.2 Å². The molecule has 0 aliphatic carbocycles. The standard InChI is InChI=1S/C22H21F3N2O5S3/c1-4-8-30-14-9-17(27-10-13(22(23,24)25)19(28)26-21(27)29)32-15(14)11-31-20(33)12-6-5-7-16(34-2)18(12)35-3/h1,5-7,10,14-15,17H,8-9,11H2,2-3H3,(H,26,28,29)/t14-,15+,17+/m0/s1. The van der Waals surface area contributed by atoms with Crippen molar-refractivity contribution in [1.29, 1.82) is 0 Å². The van der Waals surface area contributed by atoms with Gasteiger partial charge in [-0.1, -0.05) is 12.0 Å². The lowest BCUT2D eigenvalue weighted by molar-refractivity contribution is -0.139. The summed E-state index contributed by atoms with van der Waals surface area (Å²) in [5.74, 6) is 2.32. The fourth-order valence-electron chi connectivity index (χ4n) is 3.54. The molecule has 35 heavy (non-hydrogen) atoms. The molecular formula is C22H21F3N2O5S3. The molecule has 7 nitrogen and oxygen atoms in total. The van der Waals surface area contributed by atoms with Gasteiger partial charge in [-0.3, -0.25) is 14.3 Å². The molecule has 0 amide bonds. The van der Waals surface area contributed by atoms with Crippen molar-refractivity contribution in [2.45, 2.75) is 40.8 Å². The van der Waals surface area contributed by atoms with Crippen LogP contribution in [0.4, 0.5) is 13.2 Å². The Hall–Kier alpha value is -2.24. The molecule has 1 aromatic heterocycles. The number of thioether (sulfide) groups is 2. The average molecular weight is 547 g/mol. The van der Waals surface area contributed by atoms with Crippen LogP contribution in [0.15, 0.2) is 43.8 Å². The Morgan fingerprint density at radius 3 is 2.71 bits per heavy atom. The van der Waals surface area contributed by atoms with Gasteiger partial charge in [0.05, 0.1) is 6.10 Å². The average Bonchev–Trinajstić information content (AvgIpc) is 3.22. The summed E-state index contributed by atoms with van der Waals surface area (Å²) in [7, 11) is 0. The van der Waals surface area contributed by atoms with Crippen LogP contribution in [0.1, 0.15) is 23.8 Å². The van der Waals surface area contributed by atoms with E-state index in [0.29, 0.717) is 10.8 Å². The normalized spacial score (nSPS) is 19.9. The Balaban J connectivity index is 1.82. The first kappa shape index (κ1) is 27.3. The van der Waals surface area contributed by atoms with E-state index in [4.69, 9.17) is 32.9 Å². The van der Waals surface area contributed by atoms with Crippen LogP contribution in [-0.4, -0.2) is 52.5 Å². The molecule has 1 saturated heterocycles. The quantitative estimate of drug-likeness (QED) is 0.305. The maximum absolute atomic E-state index is 13.2. The zero-order valence-corrected chi connectivity index (χ0v) is 21.0. The van der Waals surface area contributed by atoms with Gasteiger partial charge in [0.2, 0.25) is 0 Å². The number of aromatic nitrogens is 2. The molecule has 0 unspecified atom stereocenters. The van der Waals surface area contributed by atoms with E-state index >= 15 is 0 Å². The van der Waals surface area contributed by atoms with E-state index in [1.54, 1.807) is 16.7 Å². The van der Waals surface area contributed by atoms with Gasteiger partial charge in [-0.15, -0.1) is 29.9 Å². The zero-order valence-electron chi connectivity index (χ0n) is 18.6. The van der Waals surface area contributed by atoms with E-state index in [1.807, 2.05) is 30.7 Å². The number of H-pyrrole nitrogens is 1. The van der Waals surface area contributed by atoms with Crippen LogP contribution in [-0.2, 0) is 20.4 Å². The fraction of sp³-hybridized carbons (Fsp3) is 0.409. The molecule has 0 spiro atoms. The van der Waals surface area contributed by atoms with Crippen molar-refractivity contribution < 1.29 is 27.4 Å². The molecule has 1 N–H and O–H groups in total. The number of halogens is 3. The number of ether oxygens (including phenoxy) is 3. The van der Waals surface area contributed by atoms with Crippen LogP contribution in [0.2, 0.25) is 0 Å². The second-order valence-corrected chi connectivity index (χ2v) is 9.30. The van der Waals surface area contributed by atoms with E-state index in [0.717, 1.165) is 15.4 Å². The number of aromatic amines is 1. The van der Waals surface area contributed by atoms with E-state index in [9.17, 15) is 22.8 Å². The van der Waals surface area contributed by atoms with Crippen molar-refractivity contribution in [1.82, 2.24) is 9.55 Å². The minimum absolute atomic E-state index is 0.00371. The highest BCUT2D eigenvalue weighted by atomic mass is 32.2. The van der Waals surface area contributed by atoms with Gasteiger partial charge in [-0.2, -0.15) is 13.2 Å². The van der Waals surface area contributed by atoms with Gasteiger partial charge in [0.25, 0.3) is 5.56 Å². The number of nitrogens with zero attached hydrogens (tertiary/aromatic N) is 1. The first-order chi connectivity index (χ1) is 16.6. The second kappa shape index (κ2) is 11.7. The topological polar surface area (TPSA) is 82.6 Å². The number of hydrogen-bond donors (Lipinski definition) is 1. The largest absolute Gasteiger partial charge is 0.480 e. The summed E-state index contributed by atoms with van der Waals surface area (Å²) >= 11 is 8.56. The molecular weight excluding hydrogens is 525 g/mol.